The van der Waals surface area contributed by atoms with Crippen LogP contribution in [0.3, 0.4) is 0 Å². The van der Waals surface area contributed by atoms with E-state index in [0.717, 1.165) is 36.2 Å². The number of carbonyl (C=O) groups excluding carboxylic acids is 1. The van der Waals surface area contributed by atoms with Crippen LogP contribution in [0.4, 0.5) is 0 Å². The molecule has 2 aromatic rings. The van der Waals surface area contributed by atoms with Crippen LogP contribution in [0.15, 0.2) is 34.5 Å². The molecule has 1 amide bonds. The van der Waals surface area contributed by atoms with Crippen molar-refractivity contribution in [2.45, 2.75) is 38.6 Å². The van der Waals surface area contributed by atoms with E-state index in [0.29, 0.717) is 0 Å². The number of amides is 1. The highest BCUT2D eigenvalue weighted by Gasteiger charge is 2.18. The third-order valence-corrected chi connectivity index (χ3v) is 5.07. The number of aromatic nitrogens is 1. The SMILES string of the molecule is CC(=O)NC1CCC(=NN=c2sc3ccccc3n2C)CC1. The van der Waals surface area contributed by atoms with Gasteiger partial charge in [-0.2, -0.15) is 5.10 Å². The summed E-state index contributed by atoms with van der Waals surface area (Å²) in [6.07, 6.45) is 3.71. The van der Waals surface area contributed by atoms with Crippen molar-refractivity contribution in [2.75, 3.05) is 0 Å². The number of nitrogens with one attached hydrogen (secondary N) is 1. The van der Waals surface area contributed by atoms with Crippen molar-refractivity contribution in [2.24, 2.45) is 17.3 Å². The molecular formula is C16H20N4OS. The lowest BCUT2D eigenvalue weighted by Gasteiger charge is -2.22. The quantitative estimate of drug-likeness (QED) is 0.851. The van der Waals surface area contributed by atoms with Gasteiger partial charge in [-0.25, -0.2) is 0 Å². The van der Waals surface area contributed by atoms with Crippen LogP contribution in [-0.4, -0.2) is 22.2 Å². The molecule has 116 valence electrons. The molecule has 0 unspecified atom stereocenters. The highest BCUT2D eigenvalue weighted by atomic mass is 32.1. The molecule has 1 aliphatic rings. The van der Waals surface area contributed by atoms with Crippen LogP contribution in [0.2, 0.25) is 0 Å². The van der Waals surface area contributed by atoms with Crippen molar-refractivity contribution in [1.29, 1.82) is 0 Å². The first-order valence-corrected chi connectivity index (χ1v) is 8.36. The molecule has 1 aromatic carbocycles. The summed E-state index contributed by atoms with van der Waals surface area (Å²) in [6, 6.07) is 8.56. The van der Waals surface area contributed by atoms with Gasteiger partial charge in [-0.05, 0) is 37.8 Å². The van der Waals surface area contributed by atoms with Gasteiger partial charge in [0.15, 0.2) is 0 Å². The van der Waals surface area contributed by atoms with Crippen LogP contribution in [0.25, 0.3) is 10.2 Å². The first-order chi connectivity index (χ1) is 10.6. The monoisotopic (exact) mass is 316 g/mol. The van der Waals surface area contributed by atoms with E-state index in [1.54, 1.807) is 18.3 Å². The summed E-state index contributed by atoms with van der Waals surface area (Å²) in [5.41, 5.74) is 2.31. The Morgan fingerprint density at radius 2 is 2.00 bits per heavy atom. The molecule has 0 radical (unpaired) electrons. The predicted molar refractivity (Wildman–Crippen MR) is 89.9 cm³/mol. The minimum atomic E-state index is 0.0485. The number of hydrogen-bond donors (Lipinski definition) is 1. The van der Waals surface area contributed by atoms with Crippen molar-refractivity contribution in [3.63, 3.8) is 0 Å². The van der Waals surface area contributed by atoms with Gasteiger partial charge >= 0.3 is 0 Å². The van der Waals surface area contributed by atoms with Crippen molar-refractivity contribution in [3.8, 4) is 0 Å². The van der Waals surface area contributed by atoms with Gasteiger partial charge in [0.25, 0.3) is 0 Å². The van der Waals surface area contributed by atoms with Crippen LogP contribution in [-0.2, 0) is 11.8 Å². The number of rotatable bonds is 2. The molecule has 22 heavy (non-hydrogen) atoms. The van der Waals surface area contributed by atoms with Crippen LogP contribution in [0.1, 0.15) is 32.6 Å². The molecule has 0 spiro atoms. The van der Waals surface area contributed by atoms with E-state index < -0.39 is 0 Å². The average Bonchev–Trinajstić information content (AvgIpc) is 2.83. The molecule has 1 aliphatic carbocycles. The Kier molecular flexibility index (Phi) is 4.38. The van der Waals surface area contributed by atoms with Gasteiger partial charge in [-0.1, -0.05) is 23.5 Å². The van der Waals surface area contributed by atoms with E-state index in [-0.39, 0.29) is 11.9 Å². The van der Waals surface area contributed by atoms with E-state index in [4.69, 9.17) is 0 Å². The second kappa shape index (κ2) is 6.44. The second-order valence-corrected chi connectivity index (χ2v) is 6.66. The molecule has 0 aliphatic heterocycles. The van der Waals surface area contributed by atoms with Crippen molar-refractivity contribution >= 4 is 33.2 Å². The first-order valence-electron chi connectivity index (χ1n) is 7.54. The van der Waals surface area contributed by atoms with Crippen molar-refractivity contribution in [1.82, 2.24) is 9.88 Å². The Labute approximate surface area is 133 Å². The fourth-order valence-corrected chi connectivity index (χ4v) is 3.74. The molecule has 3 rings (SSSR count). The summed E-state index contributed by atoms with van der Waals surface area (Å²) in [7, 11) is 2.02. The van der Waals surface area contributed by atoms with Gasteiger partial charge in [-0.15, -0.1) is 5.10 Å². The highest BCUT2D eigenvalue weighted by molar-refractivity contribution is 7.16. The Hall–Kier alpha value is -1.95. The maximum absolute atomic E-state index is 11.1. The van der Waals surface area contributed by atoms with Gasteiger partial charge in [0.05, 0.1) is 10.2 Å². The summed E-state index contributed by atoms with van der Waals surface area (Å²) < 4.78 is 3.30. The summed E-state index contributed by atoms with van der Waals surface area (Å²) in [4.78, 5) is 12.0. The maximum atomic E-state index is 11.1. The fraction of sp³-hybridized carbons (Fsp3) is 0.438. The summed E-state index contributed by atoms with van der Waals surface area (Å²) in [5, 5.41) is 11.9. The highest BCUT2D eigenvalue weighted by Crippen LogP contribution is 2.17. The molecule has 1 aromatic heterocycles. The number of aryl methyl sites for hydroxylation is 1. The number of hydrogen-bond acceptors (Lipinski definition) is 4. The van der Waals surface area contributed by atoms with Crippen LogP contribution >= 0.6 is 11.3 Å². The normalized spacial score (nSPS) is 19.5. The predicted octanol–water partition coefficient (Wildman–Crippen LogP) is 2.58. The lowest BCUT2D eigenvalue weighted by Crippen LogP contribution is -2.36. The molecule has 6 heteroatoms. The third kappa shape index (κ3) is 3.27. The zero-order valence-electron chi connectivity index (χ0n) is 12.9. The Morgan fingerprint density at radius 1 is 1.27 bits per heavy atom. The van der Waals surface area contributed by atoms with E-state index >= 15 is 0 Å². The fourth-order valence-electron chi connectivity index (χ4n) is 2.77. The van der Waals surface area contributed by atoms with Gasteiger partial charge in [0, 0.05) is 25.7 Å². The lowest BCUT2D eigenvalue weighted by molar-refractivity contribution is -0.119. The van der Waals surface area contributed by atoms with Crippen molar-refractivity contribution < 1.29 is 4.79 Å². The molecule has 0 atom stereocenters. The van der Waals surface area contributed by atoms with Gasteiger partial charge in [0.1, 0.15) is 0 Å². The standard InChI is InChI=1S/C16H20N4OS/c1-11(21)17-12-7-9-13(10-8-12)18-19-16-20(2)14-5-3-4-6-15(14)22-16/h3-6,12H,7-10H2,1-2H3,(H,17,21). The van der Waals surface area contributed by atoms with Gasteiger partial charge in [0.2, 0.25) is 10.7 Å². The van der Waals surface area contributed by atoms with E-state index in [9.17, 15) is 4.79 Å². The number of benzene rings is 1. The number of fused-ring (bicyclic) bond motifs is 1. The zero-order valence-corrected chi connectivity index (χ0v) is 13.7. The smallest absolute Gasteiger partial charge is 0.217 e. The summed E-state index contributed by atoms with van der Waals surface area (Å²) in [6.45, 7) is 1.57. The molecule has 1 saturated carbocycles. The summed E-state index contributed by atoms with van der Waals surface area (Å²) in [5.74, 6) is 0.0485. The average molecular weight is 316 g/mol. The van der Waals surface area contributed by atoms with Gasteiger partial charge in [-0.3, -0.25) is 4.79 Å². The van der Waals surface area contributed by atoms with Crippen molar-refractivity contribution in [3.05, 3.63) is 29.1 Å². The molecule has 1 N–H and O–H groups in total. The van der Waals surface area contributed by atoms with Crippen LogP contribution < -0.4 is 10.1 Å². The molecule has 1 heterocycles. The van der Waals surface area contributed by atoms with Crippen LogP contribution in [0.5, 0.6) is 0 Å². The Balaban J connectivity index is 1.75. The number of para-hydroxylation sites is 1. The van der Waals surface area contributed by atoms with E-state index in [1.807, 2.05) is 19.2 Å². The third-order valence-electron chi connectivity index (χ3n) is 3.96. The Bertz CT molecular complexity index is 777. The molecule has 1 fully saturated rings. The number of thiazole rings is 1. The molecular weight excluding hydrogens is 296 g/mol. The number of carbonyl (C=O) groups is 1. The Morgan fingerprint density at radius 3 is 2.68 bits per heavy atom. The summed E-state index contributed by atoms with van der Waals surface area (Å²) >= 11 is 1.65. The molecule has 5 nitrogen and oxygen atoms in total. The topological polar surface area (TPSA) is 58.8 Å². The molecule has 0 bridgehead atoms. The molecule has 0 saturated heterocycles. The minimum Gasteiger partial charge on any atom is -0.354 e. The minimum absolute atomic E-state index is 0.0485. The van der Waals surface area contributed by atoms with E-state index in [2.05, 4.69) is 32.2 Å². The van der Waals surface area contributed by atoms with Crippen LogP contribution in [0, 0.1) is 0 Å². The maximum Gasteiger partial charge on any atom is 0.217 e. The van der Waals surface area contributed by atoms with Gasteiger partial charge < -0.3 is 9.88 Å². The number of nitrogens with zero attached hydrogens (tertiary/aromatic N) is 3. The largest absolute Gasteiger partial charge is 0.354 e. The second-order valence-electron chi connectivity index (χ2n) is 5.65. The zero-order chi connectivity index (χ0) is 15.5. The van der Waals surface area contributed by atoms with E-state index in [1.165, 1.54) is 10.2 Å². The lowest BCUT2D eigenvalue weighted by atomic mass is 9.94. The first kappa shape index (κ1) is 15.0.